The third-order valence-corrected chi connectivity index (χ3v) is 4.11. The fraction of sp³-hybridized carbons (Fsp3) is 0.250. The van der Waals surface area contributed by atoms with Crippen molar-refractivity contribution in [1.29, 1.82) is 0 Å². The Kier molecular flexibility index (Phi) is 7.83. The van der Waals surface area contributed by atoms with Gasteiger partial charge >= 0.3 is 0 Å². The van der Waals surface area contributed by atoms with Crippen molar-refractivity contribution < 1.29 is 19.1 Å². The molecule has 0 bridgehead atoms. The van der Waals surface area contributed by atoms with Crippen LogP contribution in [0, 0.1) is 6.92 Å². The van der Waals surface area contributed by atoms with Crippen molar-refractivity contribution in [1.82, 2.24) is 5.43 Å². The van der Waals surface area contributed by atoms with E-state index in [2.05, 4.69) is 15.8 Å². The van der Waals surface area contributed by atoms with Crippen LogP contribution in [0.3, 0.4) is 0 Å². The summed E-state index contributed by atoms with van der Waals surface area (Å²) in [6, 6.07) is 10.4. The number of nitrogens with zero attached hydrogens (tertiary/aromatic N) is 1. The molecule has 7 nitrogen and oxygen atoms in total. The van der Waals surface area contributed by atoms with Crippen LogP contribution >= 0.6 is 11.6 Å². The number of anilines is 1. The Labute approximate surface area is 168 Å². The van der Waals surface area contributed by atoms with Gasteiger partial charge in [-0.15, -0.1) is 0 Å². The van der Waals surface area contributed by atoms with Crippen LogP contribution in [0.25, 0.3) is 0 Å². The smallest absolute Gasteiger partial charge is 0.240 e. The van der Waals surface area contributed by atoms with Crippen molar-refractivity contribution in [3.8, 4) is 11.5 Å². The predicted molar refractivity (Wildman–Crippen MR) is 109 cm³/mol. The van der Waals surface area contributed by atoms with Crippen molar-refractivity contribution in [3.05, 3.63) is 52.5 Å². The van der Waals surface area contributed by atoms with Crippen molar-refractivity contribution in [2.24, 2.45) is 5.10 Å². The summed E-state index contributed by atoms with van der Waals surface area (Å²) < 4.78 is 10.4. The first-order chi connectivity index (χ1) is 13.4. The Hall–Kier alpha value is -3.06. The second kappa shape index (κ2) is 10.3. The van der Waals surface area contributed by atoms with E-state index >= 15 is 0 Å². The van der Waals surface area contributed by atoms with Crippen LogP contribution in [0.4, 0.5) is 5.69 Å². The van der Waals surface area contributed by atoms with E-state index < -0.39 is 0 Å². The largest absolute Gasteiger partial charge is 0.497 e. The van der Waals surface area contributed by atoms with Gasteiger partial charge in [0.2, 0.25) is 11.8 Å². The third kappa shape index (κ3) is 6.28. The summed E-state index contributed by atoms with van der Waals surface area (Å²) in [5.41, 5.74) is 4.59. The lowest BCUT2D eigenvalue weighted by Crippen LogP contribution is -2.20. The molecule has 0 saturated heterocycles. The Morgan fingerprint density at radius 1 is 1.07 bits per heavy atom. The van der Waals surface area contributed by atoms with Gasteiger partial charge in [0.25, 0.3) is 0 Å². The van der Waals surface area contributed by atoms with Crippen molar-refractivity contribution in [3.63, 3.8) is 0 Å². The molecule has 0 fully saturated rings. The molecule has 0 aliphatic carbocycles. The van der Waals surface area contributed by atoms with Gasteiger partial charge in [-0.2, -0.15) is 5.10 Å². The molecule has 0 aliphatic rings. The first-order valence-electron chi connectivity index (χ1n) is 8.53. The summed E-state index contributed by atoms with van der Waals surface area (Å²) >= 11 is 5.89. The molecular formula is C20H22ClN3O4. The third-order valence-electron chi connectivity index (χ3n) is 3.88. The van der Waals surface area contributed by atoms with E-state index in [1.807, 2.05) is 6.92 Å². The Balaban J connectivity index is 1.82. The van der Waals surface area contributed by atoms with Gasteiger partial charge in [0, 0.05) is 35.2 Å². The van der Waals surface area contributed by atoms with Gasteiger partial charge in [-0.1, -0.05) is 11.6 Å². The van der Waals surface area contributed by atoms with Gasteiger partial charge in [-0.3, -0.25) is 9.59 Å². The minimum Gasteiger partial charge on any atom is -0.497 e. The van der Waals surface area contributed by atoms with Gasteiger partial charge in [-0.25, -0.2) is 5.43 Å². The maximum absolute atomic E-state index is 12.0. The first kappa shape index (κ1) is 21.2. The number of carbonyl (C=O) groups is 2. The molecule has 8 heteroatoms. The second-order valence-corrected chi connectivity index (χ2v) is 6.34. The fourth-order valence-corrected chi connectivity index (χ4v) is 2.59. The van der Waals surface area contributed by atoms with Crippen LogP contribution in [-0.4, -0.2) is 32.2 Å². The fourth-order valence-electron chi connectivity index (χ4n) is 2.36. The molecule has 2 amide bonds. The topological polar surface area (TPSA) is 89.0 Å². The molecule has 0 radical (unpaired) electrons. The summed E-state index contributed by atoms with van der Waals surface area (Å²) in [5.74, 6) is 0.586. The van der Waals surface area contributed by atoms with Crippen molar-refractivity contribution in [2.75, 3.05) is 19.5 Å². The van der Waals surface area contributed by atoms with Crippen LogP contribution < -0.4 is 20.2 Å². The van der Waals surface area contributed by atoms with Crippen LogP contribution in [0.15, 0.2) is 41.5 Å². The molecule has 0 heterocycles. The monoisotopic (exact) mass is 403 g/mol. The van der Waals surface area contributed by atoms with E-state index in [1.165, 1.54) is 13.3 Å². The molecule has 2 N–H and O–H groups in total. The van der Waals surface area contributed by atoms with E-state index in [1.54, 1.807) is 43.5 Å². The Morgan fingerprint density at radius 2 is 1.82 bits per heavy atom. The second-order valence-electron chi connectivity index (χ2n) is 5.91. The van der Waals surface area contributed by atoms with Crippen molar-refractivity contribution in [2.45, 2.75) is 19.8 Å². The number of benzene rings is 2. The molecule has 0 unspecified atom stereocenters. The predicted octanol–water partition coefficient (Wildman–Crippen LogP) is 3.53. The number of nitrogens with one attached hydrogen (secondary N) is 2. The zero-order chi connectivity index (χ0) is 20.5. The van der Waals surface area contributed by atoms with Gasteiger partial charge in [-0.05, 0) is 42.8 Å². The van der Waals surface area contributed by atoms with Gasteiger partial charge < -0.3 is 14.8 Å². The molecule has 0 saturated carbocycles. The summed E-state index contributed by atoms with van der Waals surface area (Å²) in [6.07, 6.45) is 1.51. The first-order valence-corrected chi connectivity index (χ1v) is 8.90. The number of aryl methyl sites for hydroxylation is 1. The van der Waals surface area contributed by atoms with Crippen LogP contribution in [-0.2, 0) is 9.59 Å². The number of hydrazone groups is 1. The number of amides is 2. The SMILES string of the molecule is COc1ccc(C=NNC(=O)CCC(=O)Nc2ccc(Cl)cc2C)c(OC)c1. The molecular weight excluding hydrogens is 382 g/mol. The molecule has 2 aromatic rings. The van der Waals surface area contributed by atoms with Gasteiger partial charge in [0.15, 0.2) is 0 Å². The maximum atomic E-state index is 12.0. The highest BCUT2D eigenvalue weighted by Crippen LogP contribution is 2.23. The summed E-state index contributed by atoms with van der Waals surface area (Å²) in [6.45, 7) is 1.84. The highest BCUT2D eigenvalue weighted by Gasteiger charge is 2.09. The van der Waals surface area contributed by atoms with Crippen LogP contribution in [0.2, 0.25) is 5.02 Å². The Bertz CT molecular complexity index is 884. The zero-order valence-corrected chi connectivity index (χ0v) is 16.7. The van der Waals surface area contributed by atoms with E-state index in [9.17, 15) is 9.59 Å². The lowest BCUT2D eigenvalue weighted by molar-refractivity contribution is -0.124. The van der Waals surface area contributed by atoms with Crippen LogP contribution in [0.1, 0.15) is 24.0 Å². The molecule has 0 aliphatic heterocycles. The molecule has 2 rings (SSSR count). The van der Waals surface area contributed by atoms with Gasteiger partial charge in [0.05, 0.1) is 20.4 Å². The zero-order valence-electron chi connectivity index (χ0n) is 15.9. The lowest BCUT2D eigenvalue weighted by atomic mass is 10.2. The molecule has 0 atom stereocenters. The average molecular weight is 404 g/mol. The van der Waals surface area contributed by atoms with Crippen molar-refractivity contribution >= 4 is 35.3 Å². The molecule has 28 heavy (non-hydrogen) atoms. The molecule has 0 spiro atoms. The number of rotatable bonds is 8. The van der Waals surface area contributed by atoms with E-state index in [-0.39, 0.29) is 24.7 Å². The minimum absolute atomic E-state index is 0.00948. The normalized spacial score (nSPS) is 10.6. The highest BCUT2D eigenvalue weighted by atomic mass is 35.5. The number of hydrogen-bond donors (Lipinski definition) is 2. The maximum Gasteiger partial charge on any atom is 0.240 e. The number of carbonyl (C=O) groups excluding carboxylic acids is 2. The molecule has 148 valence electrons. The van der Waals surface area contributed by atoms with E-state index in [0.717, 1.165) is 5.56 Å². The van der Waals surface area contributed by atoms with Gasteiger partial charge in [0.1, 0.15) is 11.5 Å². The summed E-state index contributed by atoms with van der Waals surface area (Å²) in [5, 5.41) is 7.25. The standard InChI is InChI=1S/C20H22ClN3O4/c1-13-10-15(21)5-7-17(13)23-19(25)8-9-20(26)24-22-12-14-4-6-16(27-2)11-18(14)28-3/h4-7,10-12H,8-9H2,1-3H3,(H,23,25)(H,24,26). The minimum atomic E-state index is -0.369. The number of methoxy groups -OCH3 is 2. The quantitative estimate of drug-likeness (QED) is 0.521. The average Bonchev–Trinajstić information content (AvgIpc) is 2.68. The van der Waals surface area contributed by atoms with E-state index in [4.69, 9.17) is 21.1 Å². The lowest BCUT2D eigenvalue weighted by Gasteiger charge is -2.08. The highest BCUT2D eigenvalue weighted by molar-refractivity contribution is 6.30. The van der Waals surface area contributed by atoms with E-state index in [0.29, 0.717) is 27.8 Å². The number of ether oxygens (including phenoxy) is 2. The van der Waals surface area contributed by atoms with Crippen LogP contribution in [0.5, 0.6) is 11.5 Å². The molecule has 2 aromatic carbocycles. The number of halogens is 1. The summed E-state index contributed by atoms with van der Waals surface area (Å²) in [4.78, 5) is 23.9. The molecule has 0 aromatic heterocycles. The number of hydrogen-bond acceptors (Lipinski definition) is 5. The Morgan fingerprint density at radius 3 is 2.50 bits per heavy atom. The summed E-state index contributed by atoms with van der Waals surface area (Å²) in [7, 11) is 3.10.